The van der Waals surface area contributed by atoms with Crippen LogP contribution in [0, 0.1) is 22.7 Å². The Labute approximate surface area is 265 Å². The highest BCUT2D eigenvalue weighted by molar-refractivity contribution is 5.85. The Morgan fingerprint density at radius 2 is 1.54 bits per heavy atom. The summed E-state index contributed by atoms with van der Waals surface area (Å²) in [7, 11) is 0. The average Bonchev–Trinajstić information content (AvgIpc) is 3.48. The zero-order chi connectivity index (χ0) is 31.5. The SMILES string of the molecule is N#Cc1nccc(CN2CCN(Cc3ccc(-n4c(-c5cccnc5N)nc5ccc(-c6cnccc6C#N)nc54)cc3)CC2)n1. The molecule has 12 nitrogen and oxygen atoms in total. The van der Waals surface area contributed by atoms with E-state index in [1.807, 2.05) is 41.0 Å². The van der Waals surface area contributed by atoms with E-state index >= 15 is 0 Å². The Kier molecular flexibility index (Phi) is 7.79. The van der Waals surface area contributed by atoms with Gasteiger partial charge in [0.05, 0.1) is 28.6 Å². The normalized spacial score (nSPS) is 13.8. The maximum absolute atomic E-state index is 9.68. The van der Waals surface area contributed by atoms with Gasteiger partial charge in [-0.15, -0.1) is 0 Å². The molecule has 0 radical (unpaired) electrons. The lowest BCUT2D eigenvalue weighted by Crippen LogP contribution is -2.45. The molecule has 7 rings (SSSR count). The summed E-state index contributed by atoms with van der Waals surface area (Å²) >= 11 is 0. The molecule has 6 aromatic rings. The third kappa shape index (κ3) is 5.74. The average molecular weight is 605 g/mol. The number of nitrogen functional groups attached to an aromatic ring is 1. The maximum atomic E-state index is 9.68. The van der Waals surface area contributed by atoms with Crippen LogP contribution in [0.3, 0.4) is 0 Å². The summed E-state index contributed by atoms with van der Waals surface area (Å²) in [5.41, 5.74) is 13.1. The number of imidazole rings is 1. The van der Waals surface area contributed by atoms with Crippen molar-refractivity contribution in [2.24, 2.45) is 0 Å². The van der Waals surface area contributed by atoms with Crippen LogP contribution in [0.15, 0.2) is 85.5 Å². The smallest absolute Gasteiger partial charge is 0.232 e. The van der Waals surface area contributed by atoms with Crippen LogP contribution in [0.4, 0.5) is 5.82 Å². The van der Waals surface area contributed by atoms with Crippen LogP contribution in [0.25, 0.3) is 39.5 Å². The number of aromatic nitrogens is 7. The molecule has 1 aromatic carbocycles. The topological polar surface area (TPSA) is 162 Å². The largest absolute Gasteiger partial charge is 0.383 e. The number of piperazine rings is 1. The van der Waals surface area contributed by atoms with Crippen molar-refractivity contribution in [1.82, 2.24) is 44.3 Å². The Balaban J connectivity index is 1.15. The molecule has 1 aliphatic heterocycles. The summed E-state index contributed by atoms with van der Waals surface area (Å²) in [5, 5.41) is 18.8. The van der Waals surface area contributed by atoms with Gasteiger partial charge >= 0.3 is 0 Å². The first-order valence-corrected chi connectivity index (χ1v) is 14.8. The first-order chi connectivity index (χ1) is 22.6. The van der Waals surface area contributed by atoms with Gasteiger partial charge in [-0.3, -0.25) is 19.4 Å². The van der Waals surface area contributed by atoms with Gasteiger partial charge < -0.3 is 5.73 Å². The fraction of sp³-hybridized carbons (Fsp3) is 0.176. The van der Waals surface area contributed by atoms with Crippen LogP contribution in [0.5, 0.6) is 0 Å². The molecule has 0 saturated carbocycles. The van der Waals surface area contributed by atoms with Crippen LogP contribution in [-0.2, 0) is 13.1 Å². The number of fused-ring (bicyclic) bond motifs is 1. The molecular formula is C34H28N12. The van der Waals surface area contributed by atoms with Gasteiger partial charge in [0, 0.05) is 75.3 Å². The lowest BCUT2D eigenvalue weighted by atomic mass is 10.1. The van der Waals surface area contributed by atoms with Crippen molar-refractivity contribution in [3.8, 4) is 40.5 Å². The van der Waals surface area contributed by atoms with E-state index in [1.165, 1.54) is 5.56 Å². The molecule has 0 bridgehead atoms. The standard InChI is InChI=1S/C34H28N12/c35-18-24-9-12-38-20-28(24)29-7-8-30-34(42-29)46(33(43-30)27-2-1-11-40-32(27)37)26-5-3-23(4-6-26)21-44-14-16-45(17-15-44)22-25-10-13-39-31(19-36)41-25/h1-13,20H,14-17,21-22H2,(H2,37,40). The first kappa shape index (κ1) is 28.7. The van der Waals surface area contributed by atoms with Crippen molar-refractivity contribution in [3.05, 3.63) is 108 Å². The highest BCUT2D eigenvalue weighted by Gasteiger charge is 2.21. The monoisotopic (exact) mass is 604 g/mol. The molecule has 0 unspecified atom stereocenters. The van der Waals surface area contributed by atoms with E-state index in [0.717, 1.165) is 44.1 Å². The molecule has 5 aromatic heterocycles. The molecular weight excluding hydrogens is 576 g/mol. The van der Waals surface area contributed by atoms with Gasteiger partial charge in [0.2, 0.25) is 5.82 Å². The van der Waals surface area contributed by atoms with E-state index in [0.29, 0.717) is 51.7 Å². The molecule has 12 heteroatoms. The fourth-order valence-corrected chi connectivity index (χ4v) is 5.72. The zero-order valence-electron chi connectivity index (χ0n) is 24.8. The quantitative estimate of drug-likeness (QED) is 0.280. The van der Waals surface area contributed by atoms with Crippen molar-refractivity contribution in [3.63, 3.8) is 0 Å². The van der Waals surface area contributed by atoms with Crippen molar-refractivity contribution < 1.29 is 0 Å². The molecule has 1 fully saturated rings. The second-order valence-electron chi connectivity index (χ2n) is 11.0. The Hall–Kier alpha value is -6.08. The number of hydrogen-bond acceptors (Lipinski definition) is 11. The van der Waals surface area contributed by atoms with Crippen molar-refractivity contribution in [2.75, 3.05) is 31.9 Å². The minimum atomic E-state index is 0.206. The highest BCUT2D eigenvalue weighted by atomic mass is 15.3. The van der Waals surface area contributed by atoms with Gasteiger partial charge in [0.15, 0.2) is 11.5 Å². The summed E-state index contributed by atoms with van der Waals surface area (Å²) in [4.78, 5) is 31.5. The highest BCUT2D eigenvalue weighted by Crippen LogP contribution is 2.32. The number of benzene rings is 1. The Morgan fingerprint density at radius 1 is 0.739 bits per heavy atom. The van der Waals surface area contributed by atoms with Gasteiger partial charge in [-0.2, -0.15) is 10.5 Å². The summed E-state index contributed by atoms with van der Waals surface area (Å²) in [6.07, 6.45) is 6.55. The molecule has 224 valence electrons. The lowest BCUT2D eigenvalue weighted by Gasteiger charge is -2.34. The molecule has 1 aliphatic rings. The zero-order valence-corrected chi connectivity index (χ0v) is 24.8. The Bertz CT molecular complexity index is 2120. The third-order valence-electron chi connectivity index (χ3n) is 8.07. The van der Waals surface area contributed by atoms with Crippen LogP contribution in [-0.4, -0.2) is 70.4 Å². The van der Waals surface area contributed by atoms with E-state index in [1.54, 1.807) is 30.9 Å². The second kappa shape index (κ2) is 12.5. The van der Waals surface area contributed by atoms with Crippen molar-refractivity contribution >= 4 is 17.0 Å². The number of anilines is 1. The number of hydrogen-bond donors (Lipinski definition) is 1. The van der Waals surface area contributed by atoms with Gasteiger partial charge in [0.25, 0.3) is 0 Å². The lowest BCUT2D eigenvalue weighted by molar-refractivity contribution is 0.121. The molecule has 46 heavy (non-hydrogen) atoms. The minimum absolute atomic E-state index is 0.206. The van der Waals surface area contributed by atoms with Crippen LogP contribution in [0.1, 0.15) is 22.6 Å². The van der Waals surface area contributed by atoms with Gasteiger partial charge in [-0.05, 0) is 54.1 Å². The molecule has 0 aliphatic carbocycles. The molecule has 0 amide bonds. The van der Waals surface area contributed by atoms with Gasteiger partial charge in [0.1, 0.15) is 17.4 Å². The summed E-state index contributed by atoms with van der Waals surface area (Å²) in [6, 6.07) is 23.7. The fourth-order valence-electron chi connectivity index (χ4n) is 5.72. The Morgan fingerprint density at radius 3 is 2.30 bits per heavy atom. The summed E-state index contributed by atoms with van der Waals surface area (Å²) in [5.74, 6) is 1.21. The van der Waals surface area contributed by atoms with Crippen LogP contribution >= 0.6 is 0 Å². The maximum Gasteiger partial charge on any atom is 0.232 e. The van der Waals surface area contributed by atoms with Crippen molar-refractivity contribution in [2.45, 2.75) is 13.1 Å². The first-order valence-electron chi connectivity index (χ1n) is 14.8. The van der Waals surface area contributed by atoms with Gasteiger partial charge in [-0.25, -0.2) is 24.9 Å². The number of nitrogens with zero attached hydrogens (tertiary/aromatic N) is 11. The van der Waals surface area contributed by atoms with Crippen LogP contribution < -0.4 is 5.73 Å². The van der Waals surface area contributed by atoms with E-state index in [2.05, 4.69) is 60.1 Å². The third-order valence-corrected chi connectivity index (χ3v) is 8.07. The number of pyridine rings is 3. The molecule has 0 atom stereocenters. The van der Waals surface area contributed by atoms with E-state index < -0.39 is 0 Å². The summed E-state index contributed by atoms with van der Waals surface area (Å²) in [6.45, 7) is 5.23. The van der Waals surface area contributed by atoms with E-state index in [9.17, 15) is 5.26 Å². The summed E-state index contributed by atoms with van der Waals surface area (Å²) < 4.78 is 1.99. The van der Waals surface area contributed by atoms with E-state index in [4.69, 9.17) is 21.0 Å². The molecule has 0 spiro atoms. The number of nitriles is 2. The predicted octanol–water partition coefficient (Wildman–Crippen LogP) is 3.98. The van der Waals surface area contributed by atoms with Crippen molar-refractivity contribution in [1.29, 1.82) is 10.5 Å². The molecule has 1 saturated heterocycles. The molecule has 6 heterocycles. The van der Waals surface area contributed by atoms with Crippen LogP contribution in [0.2, 0.25) is 0 Å². The second-order valence-corrected chi connectivity index (χ2v) is 11.0. The van der Waals surface area contributed by atoms with Gasteiger partial charge in [-0.1, -0.05) is 12.1 Å². The molecule has 2 N–H and O–H groups in total. The predicted molar refractivity (Wildman–Crippen MR) is 172 cm³/mol. The van der Waals surface area contributed by atoms with E-state index in [-0.39, 0.29) is 5.82 Å². The number of nitrogens with two attached hydrogens (primary N) is 1. The number of rotatable bonds is 7. The minimum Gasteiger partial charge on any atom is -0.383 e.